The third-order valence-corrected chi connectivity index (χ3v) is 3.65. The Morgan fingerprint density at radius 1 is 1.43 bits per heavy atom. The fraction of sp³-hybridized carbons (Fsp3) is 0.900. The van der Waals surface area contributed by atoms with E-state index < -0.39 is 5.97 Å². The highest BCUT2D eigenvalue weighted by Crippen LogP contribution is 2.33. The number of aliphatic carboxylic acids is 1. The molecule has 2 rings (SSSR count). The van der Waals surface area contributed by atoms with Crippen LogP contribution >= 0.6 is 0 Å². The van der Waals surface area contributed by atoms with Gasteiger partial charge in [-0.15, -0.1) is 0 Å². The van der Waals surface area contributed by atoms with Gasteiger partial charge in [0, 0.05) is 12.1 Å². The van der Waals surface area contributed by atoms with Crippen molar-refractivity contribution in [2.24, 2.45) is 5.92 Å². The van der Waals surface area contributed by atoms with Crippen molar-refractivity contribution in [1.82, 2.24) is 10.6 Å². The lowest BCUT2D eigenvalue weighted by Crippen LogP contribution is -2.43. The Bertz CT molecular complexity index is 232. The van der Waals surface area contributed by atoms with Crippen LogP contribution in [0.4, 0.5) is 0 Å². The van der Waals surface area contributed by atoms with Crippen LogP contribution in [0.25, 0.3) is 0 Å². The molecule has 0 amide bonds. The third kappa shape index (κ3) is 1.77. The summed E-state index contributed by atoms with van der Waals surface area (Å²) in [5.74, 6) is -0.110. The average molecular weight is 198 g/mol. The van der Waals surface area contributed by atoms with Gasteiger partial charge in [-0.05, 0) is 38.6 Å². The maximum absolute atomic E-state index is 10.8. The van der Waals surface area contributed by atoms with Crippen LogP contribution in [0.2, 0.25) is 0 Å². The van der Waals surface area contributed by atoms with Crippen molar-refractivity contribution in [1.29, 1.82) is 0 Å². The second kappa shape index (κ2) is 3.87. The summed E-state index contributed by atoms with van der Waals surface area (Å²) < 4.78 is 0. The van der Waals surface area contributed by atoms with Gasteiger partial charge >= 0.3 is 5.97 Å². The monoisotopic (exact) mass is 198 g/mol. The summed E-state index contributed by atoms with van der Waals surface area (Å²) in [5, 5.41) is 15.4. The number of rotatable bonds is 2. The van der Waals surface area contributed by atoms with Crippen LogP contribution in [-0.2, 0) is 4.79 Å². The van der Waals surface area contributed by atoms with E-state index >= 15 is 0 Å². The van der Waals surface area contributed by atoms with E-state index in [0.717, 1.165) is 19.3 Å². The van der Waals surface area contributed by atoms with Crippen molar-refractivity contribution in [3.63, 3.8) is 0 Å². The van der Waals surface area contributed by atoms with Gasteiger partial charge in [-0.3, -0.25) is 4.79 Å². The molecule has 4 nitrogen and oxygen atoms in total. The molecular formula is C10H18N2O2. The quantitative estimate of drug-likeness (QED) is 0.593. The first-order valence-electron chi connectivity index (χ1n) is 5.37. The molecule has 1 heterocycles. The van der Waals surface area contributed by atoms with Crippen molar-refractivity contribution in [3.8, 4) is 0 Å². The Kier molecular flexibility index (Phi) is 2.74. The van der Waals surface area contributed by atoms with E-state index in [1.165, 1.54) is 6.42 Å². The van der Waals surface area contributed by atoms with Crippen molar-refractivity contribution in [2.45, 2.75) is 43.8 Å². The molecule has 2 fully saturated rings. The van der Waals surface area contributed by atoms with Crippen LogP contribution in [0.1, 0.15) is 25.7 Å². The Hall–Kier alpha value is -0.610. The van der Waals surface area contributed by atoms with Crippen molar-refractivity contribution < 1.29 is 9.90 Å². The summed E-state index contributed by atoms with van der Waals surface area (Å²) in [5.41, 5.74) is 0. The smallest absolute Gasteiger partial charge is 0.320 e. The molecule has 2 aliphatic rings. The van der Waals surface area contributed by atoms with Crippen LogP contribution < -0.4 is 10.6 Å². The summed E-state index contributed by atoms with van der Waals surface area (Å²) in [4.78, 5) is 10.8. The lowest BCUT2D eigenvalue weighted by Gasteiger charge is -2.31. The molecule has 0 bridgehead atoms. The second-order valence-electron chi connectivity index (χ2n) is 4.46. The molecular weight excluding hydrogens is 180 g/mol. The fourth-order valence-corrected chi connectivity index (χ4v) is 2.78. The molecule has 0 spiro atoms. The number of nitrogens with one attached hydrogen (secondary N) is 2. The number of hydrogen-bond acceptors (Lipinski definition) is 3. The minimum Gasteiger partial charge on any atom is -0.480 e. The summed E-state index contributed by atoms with van der Waals surface area (Å²) in [6, 6.07) is 0.680. The van der Waals surface area contributed by atoms with Crippen molar-refractivity contribution in [2.75, 3.05) is 7.05 Å². The van der Waals surface area contributed by atoms with E-state index in [2.05, 4.69) is 10.6 Å². The molecule has 0 radical (unpaired) electrons. The predicted octanol–water partition coefficient (Wildman–Crippen LogP) is 0.190. The van der Waals surface area contributed by atoms with Crippen LogP contribution in [0.3, 0.4) is 0 Å². The predicted molar refractivity (Wildman–Crippen MR) is 53.2 cm³/mol. The first-order valence-corrected chi connectivity index (χ1v) is 5.37. The van der Waals surface area contributed by atoms with Gasteiger partial charge in [-0.1, -0.05) is 0 Å². The molecule has 1 aliphatic carbocycles. The van der Waals surface area contributed by atoms with Gasteiger partial charge in [-0.2, -0.15) is 0 Å². The Labute approximate surface area is 84.1 Å². The zero-order valence-corrected chi connectivity index (χ0v) is 8.49. The molecule has 14 heavy (non-hydrogen) atoms. The molecule has 1 unspecified atom stereocenters. The number of hydrogen-bond donors (Lipinski definition) is 3. The SMILES string of the molecule is CNC1CC[C@H]2C[C@@H](C(=O)O)N[C@H]2C1. The molecule has 3 N–H and O–H groups in total. The number of carboxylic acid groups (broad SMARTS) is 1. The molecule has 0 aromatic rings. The number of fused-ring (bicyclic) bond motifs is 1. The Balaban J connectivity index is 1.95. The van der Waals surface area contributed by atoms with Crippen molar-refractivity contribution in [3.05, 3.63) is 0 Å². The standard InChI is InChI=1S/C10H18N2O2/c1-11-7-3-2-6-4-9(10(13)14)12-8(6)5-7/h6-9,11-12H,2-5H2,1H3,(H,13,14)/t6-,7?,8-,9-/m0/s1. The van der Waals surface area contributed by atoms with Gasteiger partial charge in [-0.25, -0.2) is 0 Å². The van der Waals surface area contributed by atoms with Crippen LogP contribution in [-0.4, -0.2) is 36.2 Å². The number of carbonyl (C=O) groups is 1. The largest absolute Gasteiger partial charge is 0.480 e. The van der Waals surface area contributed by atoms with E-state index in [-0.39, 0.29) is 6.04 Å². The molecule has 1 aliphatic heterocycles. The summed E-state index contributed by atoms with van der Waals surface area (Å²) in [6.07, 6.45) is 4.24. The highest BCUT2D eigenvalue weighted by molar-refractivity contribution is 5.74. The molecule has 0 aromatic heterocycles. The lowest BCUT2D eigenvalue weighted by atomic mass is 9.82. The van der Waals surface area contributed by atoms with Gasteiger partial charge in [0.25, 0.3) is 0 Å². The van der Waals surface area contributed by atoms with E-state index in [0.29, 0.717) is 18.0 Å². The fourth-order valence-electron chi connectivity index (χ4n) is 2.78. The number of carboxylic acids is 1. The summed E-state index contributed by atoms with van der Waals surface area (Å²) in [7, 11) is 1.98. The first-order chi connectivity index (χ1) is 6.70. The molecule has 4 heteroatoms. The van der Waals surface area contributed by atoms with Crippen LogP contribution in [0.5, 0.6) is 0 Å². The van der Waals surface area contributed by atoms with Gasteiger partial charge in [0.1, 0.15) is 6.04 Å². The van der Waals surface area contributed by atoms with Gasteiger partial charge < -0.3 is 15.7 Å². The van der Waals surface area contributed by atoms with E-state index in [4.69, 9.17) is 5.11 Å². The minimum absolute atomic E-state index is 0.305. The van der Waals surface area contributed by atoms with Gasteiger partial charge in [0.15, 0.2) is 0 Å². The molecule has 1 saturated carbocycles. The molecule has 4 atom stereocenters. The van der Waals surface area contributed by atoms with E-state index in [9.17, 15) is 4.79 Å². The van der Waals surface area contributed by atoms with E-state index in [1.54, 1.807) is 0 Å². The Morgan fingerprint density at radius 3 is 2.86 bits per heavy atom. The second-order valence-corrected chi connectivity index (χ2v) is 4.46. The van der Waals surface area contributed by atoms with Gasteiger partial charge in [0.05, 0.1) is 0 Å². The maximum atomic E-state index is 10.8. The topological polar surface area (TPSA) is 61.4 Å². The average Bonchev–Trinajstić information content (AvgIpc) is 2.59. The zero-order valence-electron chi connectivity index (χ0n) is 8.49. The molecule has 0 aromatic carbocycles. The summed E-state index contributed by atoms with van der Waals surface area (Å²) >= 11 is 0. The van der Waals surface area contributed by atoms with E-state index in [1.807, 2.05) is 7.05 Å². The lowest BCUT2D eigenvalue weighted by molar-refractivity contribution is -0.139. The highest BCUT2D eigenvalue weighted by Gasteiger charge is 2.40. The first kappa shape index (κ1) is 9.93. The molecule has 1 saturated heterocycles. The highest BCUT2D eigenvalue weighted by atomic mass is 16.4. The van der Waals surface area contributed by atoms with Gasteiger partial charge in [0.2, 0.25) is 0 Å². The zero-order chi connectivity index (χ0) is 10.1. The molecule has 80 valence electrons. The van der Waals surface area contributed by atoms with Crippen molar-refractivity contribution >= 4 is 5.97 Å². The minimum atomic E-state index is -0.694. The van der Waals surface area contributed by atoms with Crippen LogP contribution in [0.15, 0.2) is 0 Å². The summed E-state index contributed by atoms with van der Waals surface area (Å²) in [6.45, 7) is 0. The maximum Gasteiger partial charge on any atom is 0.320 e. The third-order valence-electron chi connectivity index (χ3n) is 3.65. The normalized spacial score (nSPS) is 42.1. The Morgan fingerprint density at radius 2 is 2.21 bits per heavy atom. The van der Waals surface area contributed by atoms with Crippen LogP contribution in [0, 0.1) is 5.92 Å².